The van der Waals surface area contributed by atoms with Crippen LogP contribution in [0.15, 0.2) is 24.3 Å². The summed E-state index contributed by atoms with van der Waals surface area (Å²) in [4.78, 5) is 11.4. The molecule has 1 aromatic rings. The first-order valence-corrected chi connectivity index (χ1v) is 5.00. The van der Waals surface area contributed by atoms with Crippen LogP contribution in [0, 0.1) is 0 Å². The molecule has 3 nitrogen and oxygen atoms in total. The summed E-state index contributed by atoms with van der Waals surface area (Å²) < 4.78 is 40.3. The lowest BCUT2D eigenvalue weighted by molar-refractivity contribution is -0.153. The van der Waals surface area contributed by atoms with Crippen molar-refractivity contribution in [3.05, 3.63) is 29.8 Å². The molecule has 0 spiro atoms. The van der Waals surface area contributed by atoms with Gasteiger partial charge in [0, 0.05) is 12.1 Å². The molecular weight excluding hydrogens is 235 g/mol. The quantitative estimate of drug-likeness (QED) is 0.887. The minimum Gasteiger partial charge on any atom is -0.484 e. The molecular formula is C11H12F3NO2. The summed E-state index contributed by atoms with van der Waals surface area (Å²) in [5, 5.41) is 2.54. The lowest BCUT2D eigenvalue weighted by Gasteiger charge is -2.10. The molecule has 6 heteroatoms. The first-order chi connectivity index (χ1) is 7.92. The van der Waals surface area contributed by atoms with Crippen molar-refractivity contribution < 1.29 is 22.7 Å². The zero-order chi connectivity index (χ0) is 12.9. The average molecular weight is 247 g/mol. The maximum Gasteiger partial charge on any atom is 0.422 e. The van der Waals surface area contributed by atoms with Crippen molar-refractivity contribution in [2.24, 2.45) is 0 Å². The van der Waals surface area contributed by atoms with Crippen LogP contribution in [0.2, 0.25) is 0 Å². The molecule has 1 aromatic carbocycles. The molecule has 0 aromatic heterocycles. The van der Waals surface area contributed by atoms with Crippen LogP contribution >= 0.6 is 0 Å². The highest BCUT2D eigenvalue weighted by Crippen LogP contribution is 2.19. The zero-order valence-corrected chi connectivity index (χ0v) is 9.17. The van der Waals surface area contributed by atoms with Gasteiger partial charge in [0.2, 0.25) is 0 Å². The van der Waals surface area contributed by atoms with Gasteiger partial charge in [-0.05, 0) is 25.1 Å². The van der Waals surface area contributed by atoms with Crippen molar-refractivity contribution in [3.63, 3.8) is 0 Å². The second kappa shape index (κ2) is 5.56. The molecule has 0 heterocycles. The summed E-state index contributed by atoms with van der Waals surface area (Å²) in [5.74, 6) is -0.323. The average Bonchev–Trinajstić information content (AvgIpc) is 2.26. The predicted octanol–water partition coefficient (Wildman–Crippen LogP) is 2.38. The lowest BCUT2D eigenvalue weighted by atomic mass is 10.2. The summed E-state index contributed by atoms with van der Waals surface area (Å²) in [6.07, 6.45) is -4.39. The largest absolute Gasteiger partial charge is 0.484 e. The van der Waals surface area contributed by atoms with Gasteiger partial charge >= 0.3 is 6.18 Å². The van der Waals surface area contributed by atoms with E-state index in [4.69, 9.17) is 0 Å². The van der Waals surface area contributed by atoms with Gasteiger partial charge in [0.15, 0.2) is 6.61 Å². The molecule has 0 aliphatic rings. The zero-order valence-electron chi connectivity index (χ0n) is 9.17. The Morgan fingerprint density at radius 3 is 2.71 bits per heavy atom. The molecule has 1 N–H and O–H groups in total. The molecule has 0 saturated carbocycles. The van der Waals surface area contributed by atoms with E-state index in [0.29, 0.717) is 6.54 Å². The van der Waals surface area contributed by atoms with Crippen molar-refractivity contribution in [1.82, 2.24) is 5.32 Å². The normalized spacial score (nSPS) is 11.1. The molecule has 0 atom stereocenters. The summed E-state index contributed by atoms with van der Waals surface area (Å²) >= 11 is 0. The van der Waals surface area contributed by atoms with E-state index < -0.39 is 12.8 Å². The van der Waals surface area contributed by atoms with Crippen LogP contribution in [-0.2, 0) is 0 Å². The van der Waals surface area contributed by atoms with Gasteiger partial charge in [0.1, 0.15) is 5.75 Å². The molecule has 0 fully saturated rings. The molecule has 0 bridgehead atoms. The number of nitrogens with one attached hydrogen (secondary N) is 1. The van der Waals surface area contributed by atoms with Crippen LogP contribution in [-0.4, -0.2) is 25.2 Å². The van der Waals surface area contributed by atoms with Crippen LogP contribution in [0.1, 0.15) is 17.3 Å². The molecule has 17 heavy (non-hydrogen) atoms. The van der Waals surface area contributed by atoms with Crippen LogP contribution in [0.25, 0.3) is 0 Å². The van der Waals surface area contributed by atoms with Crippen LogP contribution in [0.5, 0.6) is 5.75 Å². The third kappa shape index (κ3) is 4.76. The molecule has 0 unspecified atom stereocenters. The fourth-order valence-corrected chi connectivity index (χ4v) is 1.15. The van der Waals surface area contributed by atoms with E-state index in [9.17, 15) is 18.0 Å². The monoisotopic (exact) mass is 247 g/mol. The highest BCUT2D eigenvalue weighted by molar-refractivity contribution is 5.94. The number of ether oxygens (including phenoxy) is 1. The molecule has 0 radical (unpaired) electrons. The number of benzene rings is 1. The van der Waals surface area contributed by atoms with Gasteiger partial charge < -0.3 is 10.1 Å². The van der Waals surface area contributed by atoms with Crippen molar-refractivity contribution in [3.8, 4) is 5.75 Å². The Balaban J connectivity index is 2.69. The van der Waals surface area contributed by atoms with Gasteiger partial charge in [-0.15, -0.1) is 0 Å². The first-order valence-electron chi connectivity index (χ1n) is 5.00. The Hall–Kier alpha value is -1.72. The Morgan fingerprint density at radius 1 is 1.41 bits per heavy atom. The maximum absolute atomic E-state index is 11.9. The number of halogens is 3. The van der Waals surface area contributed by atoms with Gasteiger partial charge in [-0.1, -0.05) is 6.07 Å². The minimum atomic E-state index is -4.39. The molecule has 0 aliphatic heterocycles. The maximum atomic E-state index is 11.9. The number of amides is 1. The van der Waals surface area contributed by atoms with Crippen molar-refractivity contribution in [2.75, 3.05) is 13.2 Å². The number of alkyl halides is 3. The van der Waals surface area contributed by atoms with Gasteiger partial charge in [-0.3, -0.25) is 4.79 Å². The molecule has 0 aliphatic carbocycles. The van der Waals surface area contributed by atoms with E-state index in [2.05, 4.69) is 10.1 Å². The highest BCUT2D eigenvalue weighted by atomic mass is 19.4. The number of hydrogen-bond acceptors (Lipinski definition) is 2. The van der Waals surface area contributed by atoms with E-state index in [-0.39, 0.29) is 17.2 Å². The van der Waals surface area contributed by atoms with Gasteiger partial charge in [-0.2, -0.15) is 13.2 Å². The van der Waals surface area contributed by atoms with Gasteiger partial charge in [0.25, 0.3) is 5.91 Å². The Kier molecular flexibility index (Phi) is 4.37. The van der Waals surface area contributed by atoms with Crippen molar-refractivity contribution in [1.29, 1.82) is 0 Å². The summed E-state index contributed by atoms with van der Waals surface area (Å²) in [7, 11) is 0. The molecule has 94 valence electrons. The van der Waals surface area contributed by atoms with E-state index in [1.807, 2.05) is 0 Å². The second-order valence-corrected chi connectivity index (χ2v) is 3.29. The van der Waals surface area contributed by atoms with Crippen molar-refractivity contribution in [2.45, 2.75) is 13.1 Å². The lowest BCUT2D eigenvalue weighted by Crippen LogP contribution is -2.23. The Morgan fingerprint density at radius 2 is 2.12 bits per heavy atom. The van der Waals surface area contributed by atoms with Crippen LogP contribution < -0.4 is 10.1 Å². The standard InChI is InChI=1S/C11H12F3NO2/c1-2-15-10(16)8-4-3-5-9(6-8)17-7-11(12,13)14/h3-6H,2,7H2,1H3,(H,15,16). The third-order valence-electron chi connectivity index (χ3n) is 1.84. The fourth-order valence-electron chi connectivity index (χ4n) is 1.15. The third-order valence-corrected chi connectivity index (χ3v) is 1.84. The van der Waals surface area contributed by atoms with E-state index >= 15 is 0 Å². The number of carbonyl (C=O) groups excluding carboxylic acids is 1. The summed E-state index contributed by atoms with van der Waals surface area (Å²) in [6.45, 7) is 0.834. The summed E-state index contributed by atoms with van der Waals surface area (Å²) in [6, 6.07) is 5.62. The van der Waals surface area contributed by atoms with Gasteiger partial charge in [-0.25, -0.2) is 0 Å². The van der Waals surface area contributed by atoms with Crippen molar-refractivity contribution >= 4 is 5.91 Å². The van der Waals surface area contributed by atoms with E-state index in [1.165, 1.54) is 24.3 Å². The summed E-state index contributed by atoms with van der Waals surface area (Å²) in [5.41, 5.74) is 0.270. The fraction of sp³-hybridized carbons (Fsp3) is 0.364. The number of hydrogen-bond donors (Lipinski definition) is 1. The topological polar surface area (TPSA) is 38.3 Å². The first kappa shape index (κ1) is 13.3. The van der Waals surface area contributed by atoms with Crippen LogP contribution in [0.3, 0.4) is 0 Å². The van der Waals surface area contributed by atoms with E-state index in [0.717, 1.165) is 0 Å². The number of carbonyl (C=O) groups is 1. The van der Waals surface area contributed by atoms with Crippen LogP contribution in [0.4, 0.5) is 13.2 Å². The van der Waals surface area contributed by atoms with E-state index in [1.54, 1.807) is 6.92 Å². The Labute approximate surface area is 96.6 Å². The van der Waals surface area contributed by atoms with Gasteiger partial charge in [0.05, 0.1) is 0 Å². The minimum absolute atomic E-state index is 0.0195. The highest BCUT2D eigenvalue weighted by Gasteiger charge is 2.28. The molecule has 1 amide bonds. The number of rotatable bonds is 4. The SMILES string of the molecule is CCNC(=O)c1cccc(OCC(F)(F)F)c1. The molecule has 1 rings (SSSR count). The second-order valence-electron chi connectivity index (χ2n) is 3.29. The smallest absolute Gasteiger partial charge is 0.422 e. The Bertz CT molecular complexity index is 391. The molecule has 0 saturated heterocycles. The predicted molar refractivity (Wildman–Crippen MR) is 56.0 cm³/mol.